The molecule has 0 saturated heterocycles. The molecular weight excluding hydrogens is 174 g/mol. The summed E-state index contributed by atoms with van der Waals surface area (Å²) in [6, 6.07) is 0. The standard InChI is InChI=1S/C6H10F2O4/c1-11-2-3-12-6(8,4-7)5(9)10/h2-4H2,1H3,(H,9,10). The van der Waals surface area contributed by atoms with Gasteiger partial charge in [0.15, 0.2) is 6.67 Å². The lowest BCUT2D eigenvalue weighted by atomic mass is 10.3. The highest BCUT2D eigenvalue weighted by Crippen LogP contribution is 2.13. The van der Waals surface area contributed by atoms with Crippen LogP contribution in [-0.4, -0.2) is 43.9 Å². The van der Waals surface area contributed by atoms with Crippen molar-refractivity contribution < 1.29 is 28.2 Å². The Morgan fingerprint density at radius 3 is 2.50 bits per heavy atom. The molecule has 72 valence electrons. The highest BCUT2D eigenvalue weighted by atomic mass is 19.2. The van der Waals surface area contributed by atoms with Gasteiger partial charge in [-0.1, -0.05) is 0 Å². The van der Waals surface area contributed by atoms with E-state index < -0.39 is 18.5 Å². The number of carbonyl (C=O) groups is 1. The number of methoxy groups -OCH3 is 1. The summed E-state index contributed by atoms with van der Waals surface area (Å²) >= 11 is 0. The van der Waals surface area contributed by atoms with Gasteiger partial charge in [0.2, 0.25) is 0 Å². The third-order valence-electron chi connectivity index (χ3n) is 1.11. The summed E-state index contributed by atoms with van der Waals surface area (Å²) in [6.45, 7) is -2.01. The maximum absolute atomic E-state index is 12.7. The van der Waals surface area contributed by atoms with E-state index in [4.69, 9.17) is 5.11 Å². The molecule has 0 aliphatic heterocycles. The molecule has 4 nitrogen and oxygen atoms in total. The molecule has 0 fully saturated rings. The van der Waals surface area contributed by atoms with Crippen molar-refractivity contribution in [3.8, 4) is 0 Å². The van der Waals surface area contributed by atoms with Crippen molar-refractivity contribution in [2.75, 3.05) is 27.0 Å². The molecule has 0 saturated carbocycles. The average molecular weight is 184 g/mol. The van der Waals surface area contributed by atoms with Gasteiger partial charge in [0.05, 0.1) is 13.2 Å². The van der Waals surface area contributed by atoms with Crippen molar-refractivity contribution in [2.45, 2.75) is 5.85 Å². The predicted molar refractivity (Wildman–Crippen MR) is 35.3 cm³/mol. The quantitative estimate of drug-likeness (QED) is 0.606. The fourth-order valence-corrected chi connectivity index (χ4v) is 0.444. The van der Waals surface area contributed by atoms with Crippen molar-refractivity contribution >= 4 is 5.97 Å². The number of carboxylic acids is 1. The largest absolute Gasteiger partial charge is 0.477 e. The van der Waals surface area contributed by atoms with E-state index in [1.54, 1.807) is 0 Å². The molecule has 0 spiro atoms. The Bertz CT molecular complexity index is 152. The first-order chi connectivity index (χ1) is 5.56. The van der Waals surface area contributed by atoms with Gasteiger partial charge in [-0.2, -0.15) is 4.39 Å². The van der Waals surface area contributed by atoms with Crippen LogP contribution in [0.2, 0.25) is 0 Å². The summed E-state index contributed by atoms with van der Waals surface area (Å²) in [6.07, 6.45) is 0. The summed E-state index contributed by atoms with van der Waals surface area (Å²) in [4.78, 5) is 10.1. The van der Waals surface area contributed by atoms with Crippen molar-refractivity contribution in [3.05, 3.63) is 0 Å². The molecule has 0 aliphatic rings. The van der Waals surface area contributed by atoms with Gasteiger partial charge in [-0.15, -0.1) is 0 Å². The highest BCUT2D eigenvalue weighted by molar-refractivity contribution is 5.75. The summed E-state index contributed by atoms with van der Waals surface area (Å²) < 4.78 is 33.1. The van der Waals surface area contributed by atoms with Gasteiger partial charge in [-0.25, -0.2) is 9.18 Å². The van der Waals surface area contributed by atoms with E-state index >= 15 is 0 Å². The first-order valence-corrected chi connectivity index (χ1v) is 3.18. The van der Waals surface area contributed by atoms with Crippen LogP contribution in [0.15, 0.2) is 0 Å². The second-order valence-electron chi connectivity index (χ2n) is 2.01. The maximum Gasteiger partial charge on any atom is 0.372 e. The van der Waals surface area contributed by atoms with Crippen LogP contribution in [0.4, 0.5) is 8.78 Å². The monoisotopic (exact) mass is 184 g/mol. The molecule has 12 heavy (non-hydrogen) atoms. The highest BCUT2D eigenvalue weighted by Gasteiger charge is 2.40. The Balaban J connectivity index is 3.88. The van der Waals surface area contributed by atoms with E-state index in [9.17, 15) is 13.6 Å². The van der Waals surface area contributed by atoms with E-state index in [1.165, 1.54) is 7.11 Å². The smallest absolute Gasteiger partial charge is 0.372 e. The number of hydrogen-bond acceptors (Lipinski definition) is 3. The molecule has 1 N–H and O–H groups in total. The minimum Gasteiger partial charge on any atom is -0.477 e. The van der Waals surface area contributed by atoms with Gasteiger partial charge in [0.25, 0.3) is 0 Å². The Morgan fingerprint density at radius 1 is 1.58 bits per heavy atom. The van der Waals surface area contributed by atoms with Gasteiger partial charge in [-0.3, -0.25) is 0 Å². The molecule has 0 aliphatic carbocycles. The number of rotatable bonds is 6. The molecule has 0 aromatic carbocycles. The lowest BCUT2D eigenvalue weighted by Gasteiger charge is -2.16. The van der Waals surface area contributed by atoms with E-state index in [0.717, 1.165) is 0 Å². The van der Waals surface area contributed by atoms with Gasteiger partial charge in [0, 0.05) is 7.11 Å². The van der Waals surface area contributed by atoms with Crippen LogP contribution >= 0.6 is 0 Å². The van der Waals surface area contributed by atoms with Crippen LogP contribution in [0.5, 0.6) is 0 Å². The van der Waals surface area contributed by atoms with Gasteiger partial charge in [0.1, 0.15) is 0 Å². The van der Waals surface area contributed by atoms with Gasteiger partial charge in [-0.05, 0) is 0 Å². The van der Waals surface area contributed by atoms with E-state index in [-0.39, 0.29) is 13.2 Å². The minimum absolute atomic E-state index is 0.0128. The van der Waals surface area contributed by atoms with Crippen LogP contribution in [0.25, 0.3) is 0 Å². The van der Waals surface area contributed by atoms with Crippen molar-refractivity contribution in [1.82, 2.24) is 0 Å². The van der Waals surface area contributed by atoms with Crippen LogP contribution in [0, 0.1) is 0 Å². The topological polar surface area (TPSA) is 55.8 Å². The molecule has 0 amide bonds. The summed E-state index contributed by atoms with van der Waals surface area (Å²) in [7, 11) is 1.33. The number of ether oxygens (including phenoxy) is 2. The molecule has 0 aromatic heterocycles. The van der Waals surface area contributed by atoms with Crippen LogP contribution in [-0.2, 0) is 14.3 Å². The minimum atomic E-state index is -3.24. The first kappa shape index (κ1) is 11.2. The molecule has 1 atom stereocenters. The molecule has 0 heterocycles. The molecular formula is C6H10F2O4. The zero-order valence-corrected chi connectivity index (χ0v) is 6.55. The van der Waals surface area contributed by atoms with Crippen molar-refractivity contribution in [3.63, 3.8) is 0 Å². The molecule has 0 bridgehead atoms. The number of hydrogen-bond donors (Lipinski definition) is 1. The maximum atomic E-state index is 12.7. The Morgan fingerprint density at radius 2 is 2.17 bits per heavy atom. The van der Waals surface area contributed by atoms with E-state index in [2.05, 4.69) is 9.47 Å². The normalized spacial score (nSPS) is 15.6. The lowest BCUT2D eigenvalue weighted by Crippen LogP contribution is -2.40. The van der Waals surface area contributed by atoms with Gasteiger partial charge < -0.3 is 14.6 Å². The van der Waals surface area contributed by atoms with Gasteiger partial charge >= 0.3 is 11.8 Å². The Hall–Kier alpha value is -0.750. The molecule has 6 heteroatoms. The fourth-order valence-electron chi connectivity index (χ4n) is 0.444. The number of carboxylic acid groups (broad SMARTS) is 1. The van der Waals surface area contributed by atoms with E-state index in [0.29, 0.717) is 0 Å². The summed E-state index contributed by atoms with van der Waals surface area (Å²) in [5.41, 5.74) is 0. The SMILES string of the molecule is COCCOC(F)(CF)C(=O)O. The number of halogens is 2. The lowest BCUT2D eigenvalue weighted by molar-refractivity contribution is -0.201. The Kier molecular flexibility index (Phi) is 4.68. The first-order valence-electron chi connectivity index (χ1n) is 3.18. The fraction of sp³-hybridized carbons (Fsp3) is 0.833. The third kappa shape index (κ3) is 3.10. The number of aliphatic carboxylic acids is 1. The zero-order valence-electron chi connectivity index (χ0n) is 6.55. The molecule has 0 aromatic rings. The predicted octanol–water partition coefficient (Wildman–Crippen LogP) is 0.369. The Labute approximate surface area is 68.1 Å². The number of alkyl halides is 2. The van der Waals surface area contributed by atoms with Crippen molar-refractivity contribution in [1.29, 1.82) is 0 Å². The molecule has 1 unspecified atom stereocenters. The second-order valence-corrected chi connectivity index (χ2v) is 2.01. The van der Waals surface area contributed by atoms with Crippen LogP contribution < -0.4 is 0 Å². The van der Waals surface area contributed by atoms with Crippen molar-refractivity contribution in [2.24, 2.45) is 0 Å². The average Bonchev–Trinajstić information content (AvgIpc) is 2.04. The third-order valence-corrected chi connectivity index (χ3v) is 1.11. The molecule has 0 radical (unpaired) electrons. The van der Waals surface area contributed by atoms with E-state index in [1.807, 2.05) is 0 Å². The second kappa shape index (κ2) is 5.00. The summed E-state index contributed by atoms with van der Waals surface area (Å²) in [5.74, 6) is -5.21. The summed E-state index contributed by atoms with van der Waals surface area (Å²) in [5, 5.41) is 8.15. The van der Waals surface area contributed by atoms with Crippen LogP contribution in [0.3, 0.4) is 0 Å². The zero-order chi connectivity index (χ0) is 9.61. The van der Waals surface area contributed by atoms with Crippen LogP contribution in [0.1, 0.15) is 0 Å². The molecule has 0 rings (SSSR count).